The van der Waals surface area contributed by atoms with E-state index in [1.54, 1.807) is 19.1 Å². The van der Waals surface area contributed by atoms with Gasteiger partial charge in [0.1, 0.15) is 11.6 Å². The summed E-state index contributed by atoms with van der Waals surface area (Å²) in [6.07, 6.45) is 4.25. The van der Waals surface area contributed by atoms with Gasteiger partial charge in [0.25, 0.3) is 5.56 Å². The second-order valence-corrected chi connectivity index (χ2v) is 7.47. The van der Waals surface area contributed by atoms with Gasteiger partial charge in [0.15, 0.2) is 0 Å². The van der Waals surface area contributed by atoms with Crippen LogP contribution in [0.4, 0.5) is 4.39 Å². The largest absolute Gasteiger partial charge is 0.316 e. The van der Waals surface area contributed by atoms with E-state index in [2.05, 4.69) is 15.4 Å². The first-order valence-corrected chi connectivity index (χ1v) is 9.04. The molecule has 2 fully saturated rings. The van der Waals surface area contributed by atoms with Gasteiger partial charge in [-0.15, -0.1) is 5.10 Å². The van der Waals surface area contributed by atoms with Crippen LogP contribution in [0, 0.1) is 24.6 Å². The lowest BCUT2D eigenvalue weighted by molar-refractivity contribution is 0.312. The Balaban J connectivity index is 1.63. The Labute approximate surface area is 149 Å². The highest BCUT2D eigenvalue weighted by Gasteiger charge is 2.39. The van der Waals surface area contributed by atoms with Crippen LogP contribution in [-0.4, -0.2) is 31.8 Å². The lowest BCUT2D eigenvalue weighted by Gasteiger charge is -2.23. The van der Waals surface area contributed by atoms with Gasteiger partial charge in [0, 0.05) is 18.8 Å². The van der Waals surface area contributed by atoms with Crippen molar-refractivity contribution in [2.45, 2.75) is 32.4 Å². The first-order chi connectivity index (χ1) is 12.6. The summed E-state index contributed by atoms with van der Waals surface area (Å²) in [5.74, 6) is 2.08. The molecule has 1 aliphatic heterocycles. The number of nitrogens with one attached hydrogen (secondary N) is 1. The molecule has 1 saturated carbocycles. The minimum Gasteiger partial charge on any atom is -0.316 e. The molecule has 0 radical (unpaired) electrons. The van der Waals surface area contributed by atoms with Crippen molar-refractivity contribution in [2.24, 2.45) is 11.8 Å². The van der Waals surface area contributed by atoms with Crippen molar-refractivity contribution in [3.63, 3.8) is 0 Å². The summed E-state index contributed by atoms with van der Waals surface area (Å²) in [6, 6.07) is 6.63. The number of hydrogen-bond acceptors (Lipinski definition) is 4. The number of nitrogens with zero attached hydrogens (tertiary/aromatic N) is 4. The van der Waals surface area contributed by atoms with Crippen LogP contribution >= 0.6 is 0 Å². The monoisotopic (exact) mass is 353 g/mol. The third-order valence-corrected chi connectivity index (χ3v) is 5.76. The van der Waals surface area contributed by atoms with Crippen LogP contribution in [0.2, 0.25) is 0 Å². The molecule has 2 bridgehead atoms. The fourth-order valence-corrected chi connectivity index (χ4v) is 4.49. The summed E-state index contributed by atoms with van der Waals surface area (Å²) in [4.78, 5) is 17.4. The van der Waals surface area contributed by atoms with Gasteiger partial charge in [0.05, 0.1) is 5.56 Å². The van der Waals surface area contributed by atoms with Crippen molar-refractivity contribution in [1.29, 1.82) is 0 Å². The zero-order valence-electron chi connectivity index (χ0n) is 14.5. The normalized spacial score (nSPS) is 24.6. The average molecular weight is 353 g/mol. The van der Waals surface area contributed by atoms with Crippen LogP contribution in [0.1, 0.15) is 18.7 Å². The molecular formula is C19H20FN5O. The topological polar surface area (TPSA) is 64.2 Å². The Morgan fingerprint density at radius 3 is 2.77 bits per heavy atom. The second-order valence-electron chi connectivity index (χ2n) is 7.47. The van der Waals surface area contributed by atoms with Crippen LogP contribution in [-0.2, 0) is 6.54 Å². The molecule has 7 heteroatoms. The standard InChI is InChI=1S/C19H20FN5O/c1-11-22-19-24(9-14-7-16-6-13(14)8-21-16)10-17(18(26)25(19)23-11)12-2-4-15(20)5-3-12/h2-5,10,13-14,16,21H,6-9H2,1H3/t13-,14-,16-/m1/s1. The lowest BCUT2D eigenvalue weighted by atomic mass is 9.95. The van der Waals surface area contributed by atoms with Crippen molar-refractivity contribution in [3.8, 4) is 11.1 Å². The molecule has 1 aromatic carbocycles. The molecule has 1 saturated heterocycles. The molecule has 134 valence electrons. The number of halogens is 1. The van der Waals surface area contributed by atoms with E-state index >= 15 is 0 Å². The Morgan fingerprint density at radius 1 is 1.27 bits per heavy atom. The van der Waals surface area contributed by atoms with Crippen molar-refractivity contribution in [3.05, 3.63) is 52.5 Å². The number of hydrogen-bond donors (Lipinski definition) is 1. The molecule has 1 N–H and O–H groups in total. The van der Waals surface area contributed by atoms with Crippen molar-refractivity contribution in [1.82, 2.24) is 24.5 Å². The van der Waals surface area contributed by atoms with Gasteiger partial charge in [-0.05, 0) is 55.8 Å². The molecule has 0 unspecified atom stereocenters. The predicted octanol–water partition coefficient (Wildman–Crippen LogP) is 2.00. The number of rotatable bonds is 3. The fraction of sp³-hybridized carbons (Fsp3) is 0.421. The number of piperidine rings is 1. The maximum atomic E-state index is 13.3. The quantitative estimate of drug-likeness (QED) is 0.782. The summed E-state index contributed by atoms with van der Waals surface area (Å²) >= 11 is 0. The highest BCUT2D eigenvalue weighted by Crippen LogP contribution is 2.37. The minimum atomic E-state index is -0.318. The maximum Gasteiger partial charge on any atom is 0.283 e. The third kappa shape index (κ3) is 2.46. The van der Waals surface area contributed by atoms with Gasteiger partial charge in [0.2, 0.25) is 5.78 Å². The second kappa shape index (κ2) is 5.74. The SMILES string of the molecule is Cc1nc2n(C[C@H]3C[C@H]4C[C@@H]3CN4)cc(-c3ccc(F)cc3)c(=O)n2n1. The Bertz CT molecular complexity index is 1040. The van der Waals surface area contributed by atoms with Crippen molar-refractivity contribution in [2.75, 3.05) is 6.54 Å². The lowest BCUT2D eigenvalue weighted by Crippen LogP contribution is -2.32. The minimum absolute atomic E-state index is 0.224. The highest BCUT2D eigenvalue weighted by molar-refractivity contribution is 5.62. The molecule has 1 aliphatic carbocycles. The number of aryl methyl sites for hydroxylation is 1. The van der Waals surface area contributed by atoms with Gasteiger partial charge in [-0.25, -0.2) is 4.39 Å². The van der Waals surface area contributed by atoms with E-state index in [-0.39, 0.29) is 11.4 Å². The molecule has 0 amide bonds. The molecule has 5 rings (SSSR count). The van der Waals surface area contributed by atoms with Crippen molar-refractivity contribution < 1.29 is 4.39 Å². The summed E-state index contributed by atoms with van der Waals surface area (Å²) in [7, 11) is 0. The summed E-state index contributed by atoms with van der Waals surface area (Å²) in [6.45, 7) is 3.68. The molecule has 0 spiro atoms. The van der Waals surface area contributed by atoms with E-state index in [9.17, 15) is 9.18 Å². The van der Waals surface area contributed by atoms with E-state index in [0.717, 1.165) is 19.5 Å². The van der Waals surface area contributed by atoms with Gasteiger partial charge in [-0.3, -0.25) is 4.79 Å². The van der Waals surface area contributed by atoms with Crippen molar-refractivity contribution >= 4 is 5.78 Å². The summed E-state index contributed by atoms with van der Waals surface area (Å²) < 4.78 is 16.7. The molecule has 2 aromatic heterocycles. The summed E-state index contributed by atoms with van der Waals surface area (Å²) in [5, 5.41) is 7.82. The zero-order valence-corrected chi connectivity index (χ0v) is 14.5. The van der Waals surface area contributed by atoms with Crippen LogP contribution in [0.15, 0.2) is 35.3 Å². The maximum absolute atomic E-state index is 13.3. The fourth-order valence-electron chi connectivity index (χ4n) is 4.49. The smallest absolute Gasteiger partial charge is 0.283 e. The Kier molecular flexibility index (Phi) is 3.46. The molecule has 3 aromatic rings. The number of benzene rings is 1. The van der Waals surface area contributed by atoms with Gasteiger partial charge < -0.3 is 9.88 Å². The van der Waals surface area contributed by atoms with Gasteiger partial charge in [-0.1, -0.05) is 12.1 Å². The molecule has 3 heterocycles. The van der Waals surface area contributed by atoms with Gasteiger partial charge >= 0.3 is 0 Å². The predicted molar refractivity (Wildman–Crippen MR) is 95.4 cm³/mol. The first kappa shape index (κ1) is 15.7. The number of aromatic nitrogens is 4. The highest BCUT2D eigenvalue weighted by atomic mass is 19.1. The molecular weight excluding hydrogens is 333 g/mol. The van der Waals surface area contributed by atoms with E-state index in [4.69, 9.17) is 0 Å². The third-order valence-electron chi connectivity index (χ3n) is 5.76. The van der Waals surface area contributed by atoms with E-state index in [1.165, 1.54) is 23.1 Å². The van der Waals surface area contributed by atoms with Crippen LogP contribution in [0.3, 0.4) is 0 Å². The Hall–Kier alpha value is -2.54. The van der Waals surface area contributed by atoms with E-state index < -0.39 is 0 Å². The molecule has 6 nitrogen and oxygen atoms in total. The number of fused-ring (bicyclic) bond motifs is 3. The van der Waals surface area contributed by atoms with Gasteiger partial charge in [-0.2, -0.15) is 9.50 Å². The Morgan fingerprint density at radius 2 is 2.08 bits per heavy atom. The molecule has 26 heavy (non-hydrogen) atoms. The van der Waals surface area contributed by atoms with Crippen LogP contribution < -0.4 is 10.9 Å². The summed E-state index contributed by atoms with van der Waals surface area (Å²) in [5.41, 5.74) is 0.983. The van der Waals surface area contributed by atoms with E-state index in [0.29, 0.717) is 40.6 Å². The first-order valence-electron chi connectivity index (χ1n) is 9.04. The van der Waals surface area contributed by atoms with Crippen LogP contribution in [0.5, 0.6) is 0 Å². The molecule has 2 aliphatic rings. The molecule has 3 atom stereocenters. The zero-order chi connectivity index (χ0) is 17.8. The van der Waals surface area contributed by atoms with E-state index in [1.807, 2.05) is 10.8 Å². The van der Waals surface area contributed by atoms with Crippen LogP contribution in [0.25, 0.3) is 16.9 Å². The average Bonchev–Trinajstić information content (AvgIpc) is 3.33.